The lowest BCUT2D eigenvalue weighted by Crippen LogP contribution is -2.42. The summed E-state index contributed by atoms with van der Waals surface area (Å²) >= 11 is 0. The molecule has 134 valence electrons. The molecule has 3 rings (SSSR count). The van der Waals surface area contributed by atoms with Gasteiger partial charge in [-0.2, -0.15) is 4.98 Å². The summed E-state index contributed by atoms with van der Waals surface area (Å²) in [5, 5.41) is 7.02. The number of benzene rings is 1. The van der Waals surface area contributed by atoms with E-state index in [-0.39, 0.29) is 5.91 Å². The second-order valence-electron chi connectivity index (χ2n) is 6.88. The van der Waals surface area contributed by atoms with Crippen LogP contribution in [-0.2, 0) is 17.8 Å². The fourth-order valence-corrected chi connectivity index (χ4v) is 3.41. The van der Waals surface area contributed by atoms with Gasteiger partial charge in [0.15, 0.2) is 5.82 Å². The summed E-state index contributed by atoms with van der Waals surface area (Å²) in [6.45, 7) is 6.79. The molecule has 1 N–H and O–H groups in total. The first-order valence-electron chi connectivity index (χ1n) is 8.93. The Morgan fingerprint density at radius 1 is 1.36 bits per heavy atom. The number of aryl methyl sites for hydroxylation is 2. The number of carbonyl (C=O) groups is 1. The van der Waals surface area contributed by atoms with Gasteiger partial charge < -0.3 is 9.84 Å². The minimum absolute atomic E-state index is 0.0827. The Morgan fingerprint density at radius 3 is 2.96 bits per heavy atom. The summed E-state index contributed by atoms with van der Waals surface area (Å²) < 4.78 is 5.04. The molecule has 0 spiro atoms. The summed E-state index contributed by atoms with van der Waals surface area (Å²) in [6.07, 6.45) is 3.07. The Kier molecular flexibility index (Phi) is 5.81. The van der Waals surface area contributed by atoms with Gasteiger partial charge >= 0.3 is 0 Å². The highest BCUT2D eigenvalue weighted by Crippen LogP contribution is 2.19. The van der Waals surface area contributed by atoms with Gasteiger partial charge in [0.25, 0.3) is 0 Å². The second kappa shape index (κ2) is 8.25. The molecule has 25 heavy (non-hydrogen) atoms. The first kappa shape index (κ1) is 17.6. The largest absolute Gasteiger partial charge is 0.351 e. The van der Waals surface area contributed by atoms with E-state index in [4.69, 9.17) is 4.52 Å². The van der Waals surface area contributed by atoms with E-state index in [0.29, 0.717) is 24.9 Å². The molecule has 0 aliphatic carbocycles. The molecule has 2 aromatic rings. The van der Waals surface area contributed by atoms with E-state index in [1.165, 1.54) is 11.1 Å². The smallest absolute Gasteiger partial charge is 0.234 e. The van der Waals surface area contributed by atoms with Crippen LogP contribution in [0.3, 0.4) is 0 Å². The highest BCUT2D eigenvalue weighted by atomic mass is 16.5. The zero-order chi connectivity index (χ0) is 17.6. The summed E-state index contributed by atoms with van der Waals surface area (Å²) in [4.78, 5) is 18.8. The molecule has 0 saturated carbocycles. The predicted molar refractivity (Wildman–Crippen MR) is 94.9 cm³/mol. The van der Waals surface area contributed by atoms with Crippen LogP contribution in [0.15, 0.2) is 28.8 Å². The van der Waals surface area contributed by atoms with E-state index in [0.717, 1.165) is 38.2 Å². The monoisotopic (exact) mass is 342 g/mol. The molecule has 1 atom stereocenters. The number of hydrogen-bond donors (Lipinski definition) is 1. The fourth-order valence-electron chi connectivity index (χ4n) is 3.41. The number of amides is 1. The van der Waals surface area contributed by atoms with Crippen molar-refractivity contribution in [2.24, 2.45) is 5.92 Å². The number of piperidine rings is 1. The minimum Gasteiger partial charge on any atom is -0.351 e. The van der Waals surface area contributed by atoms with Crippen molar-refractivity contribution in [2.75, 3.05) is 19.6 Å². The molecule has 1 fully saturated rings. The maximum absolute atomic E-state index is 12.3. The quantitative estimate of drug-likeness (QED) is 0.872. The minimum atomic E-state index is 0.0827. The molecule has 0 unspecified atom stereocenters. The van der Waals surface area contributed by atoms with Crippen LogP contribution in [-0.4, -0.2) is 40.6 Å². The van der Waals surface area contributed by atoms with Gasteiger partial charge in [-0.15, -0.1) is 0 Å². The summed E-state index contributed by atoms with van der Waals surface area (Å²) in [5.41, 5.74) is 2.37. The van der Waals surface area contributed by atoms with Crippen molar-refractivity contribution in [3.05, 3.63) is 47.1 Å². The van der Waals surface area contributed by atoms with Gasteiger partial charge in [0, 0.05) is 26.4 Å². The second-order valence-corrected chi connectivity index (χ2v) is 6.88. The lowest BCUT2D eigenvalue weighted by atomic mass is 9.94. The lowest BCUT2D eigenvalue weighted by Gasteiger charge is -2.31. The molecule has 0 radical (unpaired) electrons. The van der Waals surface area contributed by atoms with E-state index in [1.807, 2.05) is 19.1 Å². The third kappa shape index (κ3) is 5.13. The number of rotatable bonds is 6. The Morgan fingerprint density at radius 2 is 2.20 bits per heavy atom. The van der Waals surface area contributed by atoms with Crippen molar-refractivity contribution >= 4 is 5.91 Å². The Labute approximate surface area is 148 Å². The average molecular weight is 342 g/mol. The highest BCUT2D eigenvalue weighted by Gasteiger charge is 2.23. The maximum atomic E-state index is 12.3. The van der Waals surface area contributed by atoms with Gasteiger partial charge in [0.2, 0.25) is 11.8 Å². The van der Waals surface area contributed by atoms with E-state index in [2.05, 4.69) is 39.4 Å². The normalized spacial score (nSPS) is 18.2. The van der Waals surface area contributed by atoms with Crippen LogP contribution in [0.1, 0.15) is 35.7 Å². The van der Waals surface area contributed by atoms with Crippen LogP contribution in [0.4, 0.5) is 0 Å². The number of nitrogens with zero attached hydrogens (tertiary/aromatic N) is 3. The van der Waals surface area contributed by atoms with Gasteiger partial charge in [-0.25, -0.2) is 0 Å². The topological polar surface area (TPSA) is 71.3 Å². The van der Waals surface area contributed by atoms with Crippen molar-refractivity contribution in [1.82, 2.24) is 20.4 Å². The number of nitrogens with one attached hydrogen (secondary N) is 1. The Balaban J connectivity index is 1.45. The molecular weight excluding hydrogens is 316 g/mol. The van der Waals surface area contributed by atoms with Crippen LogP contribution in [0.25, 0.3) is 0 Å². The summed E-state index contributed by atoms with van der Waals surface area (Å²) in [6, 6.07) is 8.14. The molecule has 6 heteroatoms. The van der Waals surface area contributed by atoms with Crippen molar-refractivity contribution in [1.29, 1.82) is 0 Å². The third-order valence-corrected chi connectivity index (χ3v) is 4.75. The van der Waals surface area contributed by atoms with E-state index >= 15 is 0 Å². The first-order valence-corrected chi connectivity index (χ1v) is 8.93. The van der Waals surface area contributed by atoms with E-state index in [1.54, 1.807) is 0 Å². The SMILES string of the molecule is Cc1nc(C[C@H]2CCCN(CC(=O)NCc3ccccc3C)C2)no1. The van der Waals surface area contributed by atoms with Crippen LogP contribution in [0.5, 0.6) is 0 Å². The summed E-state index contributed by atoms with van der Waals surface area (Å²) in [5.74, 6) is 1.95. The van der Waals surface area contributed by atoms with Crippen molar-refractivity contribution in [3.63, 3.8) is 0 Å². The highest BCUT2D eigenvalue weighted by molar-refractivity contribution is 5.78. The third-order valence-electron chi connectivity index (χ3n) is 4.75. The van der Waals surface area contributed by atoms with Gasteiger partial charge in [-0.3, -0.25) is 9.69 Å². The molecular formula is C19H26N4O2. The Bertz CT molecular complexity index is 713. The Hall–Kier alpha value is -2.21. The van der Waals surface area contributed by atoms with Crippen molar-refractivity contribution < 1.29 is 9.32 Å². The zero-order valence-corrected chi connectivity index (χ0v) is 15.0. The molecule has 1 aliphatic rings. The number of aromatic nitrogens is 2. The lowest BCUT2D eigenvalue weighted by molar-refractivity contribution is -0.122. The van der Waals surface area contributed by atoms with Gasteiger partial charge in [0.1, 0.15) is 0 Å². The first-order chi connectivity index (χ1) is 12.1. The standard InChI is InChI=1S/C19H26N4O2/c1-14-6-3-4-8-17(14)11-20-19(24)13-23-9-5-7-16(12-23)10-18-21-15(2)25-22-18/h3-4,6,8,16H,5,7,9-13H2,1-2H3,(H,20,24)/t16-/m1/s1. The molecule has 6 nitrogen and oxygen atoms in total. The van der Waals surface area contributed by atoms with Crippen LogP contribution >= 0.6 is 0 Å². The number of carbonyl (C=O) groups excluding carboxylic acids is 1. The van der Waals surface area contributed by atoms with Crippen molar-refractivity contribution in [2.45, 2.75) is 39.7 Å². The van der Waals surface area contributed by atoms with Crippen LogP contribution < -0.4 is 5.32 Å². The fraction of sp³-hybridized carbons (Fsp3) is 0.526. The molecule has 1 aliphatic heterocycles. The van der Waals surface area contributed by atoms with Gasteiger partial charge in [-0.1, -0.05) is 29.4 Å². The zero-order valence-electron chi connectivity index (χ0n) is 15.0. The summed E-state index contributed by atoms with van der Waals surface area (Å²) in [7, 11) is 0. The number of hydrogen-bond acceptors (Lipinski definition) is 5. The molecule has 1 amide bonds. The van der Waals surface area contributed by atoms with E-state index < -0.39 is 0 Å². The predicted octanol–water partition coefficient (Wildman–Crippen LogP) is 2.26. The van der Waals surface area contributed by atoms with Crippen LogP contribution in [0, 0.1) is 19.8 Å². The van der Waals surface area contributed by atoms with Gasteiger partial charge in [0.05, 0.1) is 6.54 Å². The average Bonchev–Trinajstić information content (AvgIpc) is 2.99. The molecule has 0 bridgehead atoms. The molecule has 1 aromatic carbocycles. The van der Waals surface area contributed by atoms with Crippen LogP contribution in [0.2, 0.25) is 0 Å². The van der Waals surface area contributed by atoms with E-state index in [9.17, 15) is 4.79 Å². The van der Waals surface area contributed by atoms with Gasteiger partial charge in [-0.05, 0) is 43.4 Å². The maximum Gasteiger partial charge on any atom is 0.234 e. The molecule has 2 heterocycles. The molecule has 1 aromatic heterocycles. The number of likely N-dealkylation sites (tertiary alicyclic amines) is 1. The van der Waals surface area contributed by atoms with Crippen molar-refractivity contribution in [3.8, 4) is 0 Å². The molecule has 1 saturated heterocycles.